The first-order valence-electron chi connectivity index (χ1n) is 7.37. The number of aromatic nitrogens is 1. The zero-order valence-electron chi connectivity index (χ0n) is 12.4. The molecule has 4 nitrogen and oxygen atoms in total. The number of rotatable bonds is 6. The van der Waals surface area contributed by atoms with Crippen LogP contribution >= 0.6 is 11.6 Å². The quantitative estimate of drug-likeness (QED) is 0.819. The van der Waals surface area contributed by atoms with Crippen LogP contribution in [-0.4, -0.2) is 37.8 Å². The molecule has 0 aromatic carbocycles. The number of ether oxygens (including phenoxy) is 1. The minimum absolute atomic E-state index is 0.285. The topological polar surface area (TPSA) is 37.4 Å². The van der Waals surface area contributed by atoms with Crippen LogP contribution in [0.15, 0.2) is 12.3 Å². The third-order valence-electron chi connectivity index (χ3n) is 3.65. The Morgan fingerprint density at radius 3 is 3.10 bits per heavy atom. The first-order valence-corrected chi connectivity index (χ1v) is 7.75. The minimum Gasteiger partial charge on any atom is -0.380 e. The Morgan fingerprint density at radius 1 is 1.55 bits per heavy atom. The predicted molar refractivity (Wildman–Crippen MR) is 83.5 cm³/mol. The van der Waals surface area contributed by atoms with Crippen molar-refractivity contribution < 1.29 is 4.74 Å². The van der Waals surface area contributed by atoms with Gasteiger partial charge in [0.15, 0.2) is 0 Å². The van der Waals surface area contributed by atoms with E-state index in [0.717, 1.165) is 61.8 Å². The number of methoxy groups -OCH3 is 1. The van der Waals surface area contributed by atoms with Crippen molar-refractivity contribution in [3.8, 4) is 0 Å². The number of halogens is 1. The fraction of sp³-hybridized carbons (Fsp3) is 0.667. The summed E-state index contributed by atoms with van der Waals surface area (Å²) in [5.74, 6) is 0.882. The standard InChI is InChI=1S/C15H24ClN3O/c1-3-6-17-9-12-8-14(16)15(18-10-12)19-7-4-5-13(11-19)20-2/h8,10,13,17H,3-7,9,11H2,1-2H3. The van der Waals surface area contributed by atoms with Crippen molar-refractivity contribution in [3.05, 3.63) is 22.8 Å². The van der Waals surface area contributed by atoms with E-state index in [9.17, 15) is 0 Å². The molecule has 0 amide bonds. The van der Waals surface area contributed by atoms with Crippen LogP contribution in [0, 0.1) is 0 Å². The molecule has 20 heavy (non-hydrogen) atoms. The third kappa shape index (κ3) is 4.08. The summed E-state index contributed by atoms with van der Waals surface area (Å²) < 4.78 is 5.45. The Hall–Kier alpha value is -0.840. The number of pyridine rings is 1. The van der Waals surface area contributed by atoms with Gasteiger partial charge in [0, 0.05) is 32.9 Å². The smallest absolute Gasteiger partial charge is 0.147 e. The van der Waals surface area contributed by atoms with Crippen molar-refractivity contribution in [1.82, 2.24) is 10.3 Å². The molecule has 0 aliphatic carbocycles. The first kappa shape index (κ1) is 15.5. The predicted octanol–water partition coefficient (Wildman–Crippen LogP) is 2.85. The van der Waals surface area contributed by atoms with E-state index in [0.29, 0.717) is 0 Å². The molecule has 0 saturated carbocycles. The summed E-state index contributed by atoms with van der Waals surface area (Å²) in [7, 11) is 1.77. The zero-order valence-corrected chi connectivity index (χ0v) is 13.1. The van der Waals surface area contributed by atoms with Gasteiger partial charge in [-0.05, 0) is 37.4 Å². The number of nitrogens with one attached hydrogen (secondary N) is 1. The molecule has 2 heterocycles. The average Bonchev–Trinajstić information content (AvgIpc) is 2.48. The number of hydrogen-bond acceptors (Lipinski definition) is 4. The van der Waals surface area contributed by atoms with Crippen LogP contribution in [0.1, 0.15) is 31.7 Å². The van der Waals surface area contributed by atoms with Gasteiger partial charge in [-0.2, -0.15) is 0 Å². The van der Waals surface area contributed by atoms with Gasteiger partial charge in [0.1, 0.15) is 5.82 Å². The Balaban J connectivity index is 2.01. The van der Waals surface area contributed by atoms with Crippen molar-refractivity contribution in [3.63, 3.8) is 0 Å². The van der Waals surface area contributed by atoms with Gasteiger partial charge in [0.25, 0.3) is 0 Å². The molecule has 1 atom stereocenters. The molecule has 5 heteroatoms. The number of nitrogens with zero attached hydrogens (tertiary/aromatic N) is 2. The average molecular weight is 298 g/mol. The van der Waals surface area contributed by atoms with Gasteiger partial charge in [-0.15, -0.1) is 0 Å². The molecule has 1 aromatic rings. The zero-order chi connectivity index (χ0) is 14.4. The summed E-state index contributed by atoms with van der Waals surface area (Å²) in [5, 5.41) is 4.10. The lowest BCUT2D eigenvalue weighted by atomic mass is 10.1. The van der Waals surface area contributed by atoms with Crippen molar-refractivity contribution in [2.45, 2.75) is 38.8 Å². The highest BCUT2D eigenvalue weighted by Gasteiger charge is 2.22. The Morgan fingerprint density at radius 2 is 2.40 bits per heavy atom. The molecule has 0 spiro atoms. The van der Waals surface area contributed by atoms with Crippen LogP contribution in [0.4, 0.5) is 5.82 Å². The van der Waals surface area contributed by atoms with Gasteiger partial charge in [0.2, 0.25) is 0 Å². The van der Waals surface area contributed by atoms with Gasteiger partial charge >= 0.3 is 0 Å². The van der Waals surface area contributed by atoms with E-state index in [-0.39, 0.29) is 6.10 Å². The molecule has 112 valence electrons. The second-order valence-corrected chi connectivity index (χ2v) is 5.68. The van der Waals surface area contributed by atoms with E-state index in [4.69, 9.17) is 16.3 Å². The van der Waals surface area contributed by atoms with E-state index in [1.54, 1.807) is 7.11 Å². The summed E-state index contributed by atoms with van der Waals surface area (Å²) in [4.78, 5) is 6.77. The van der Waals surface area contributed by atoms with Crippen LogP contribution in [0.5, 0.6) is 0 Å². The van der Waals surface area contributed by atoms with Crippen molar-refractivity contribution >= 4 is 17.4 Å². The van der Waals surface area contributed by atoms with E-state index in [2.05, 4.69) is 22.1 Å². The van der Waals surface area contributed by atoms with Gasteiger partial charge < -0.3 is 15.0 Å². The van der Waals surface area contributed by atoms with Gasteiger partial charge in [-0.3, -0.25) is 0 Å². The summed E-state index contributed by atoms with van der Waals surface area (Å²) in [5.41, 5.74) is 1.13. The summed E-state index contributed by atoms with van der Waals surface area (Å²) in [6.07, 6.45) is 5.57. The molecule has 1 N–H and O–H groups in total. The van der Waals surface area contributed by atoms with E-state index in [1.807, 2.05) is 12.3 Å². The molecular formula is C15H24ClN3O. The Bertz CT molecular complexity index is 428. The number of hydrogen-bond donors (Lipinski definition) is 1. The molecule has 1 aliphatic rings. The third-order valence-corrected chi connectivity index (χ3v) is 3.92. The maximum Gasteiger partial charge on any atom is 0.147 e. The molecule has 1 saturated heterocycles. The number of anilines is 1. The molecular weight excluding hydrogens is 274 g/mol. The van der Waals surface area contributed by atoms with Crippen LogP contribution in [0.3, 0.4) is 0 Å². The largest absolute Gasteiger partial charge is 0.380 e. The van der Waals surface area contributed by atoms with Gasteiger partial charge in [-0.1, -0.05) is 18.5 Å². The van der Waals surface area contributed by atoms with Gasteiger partial charge in [0.05, 0.1) is 11.1 Å². The van der Waals surface area contributed by atoms with Crippen molar-refractivity contribution in [2.75, 3.05) is 31.6 Å². The first-order chi connectivity index (χ1) is 9.74. The van der Waals surface area contributed by atoms with E-state index >= 15 is 0 Å². The minimum atomic E-state index is 0.285. The molecule has 1 unspecified atom stereocenters. The number of piperidine rings is 1. The second-order valence-electron chi connectivity index (χ2n) is 5.27. The monoisotopic (exact) mass is 297 g/mol. The van der Waals surface area contributed by atoms with E-state index < -0.39 is 0 Å². The fourth-order valence-electron chi connectivity index (χ4n) is 2.53. The van der Waals surface area contributed by atoms with Crippen LogP contribution < -0.4 is 10.2 Å². The molecule has 1 aromatic heterocycles. The molecule has 1 aliphatic heterocycles. The highest BCUT2D eigenvalue weighted by Crippen LogP contribution is 2.27. The normalized spacial score (nSPS) is 19.4. The maximum absolute atomic E-state index is 6.39. The summed E-state index contributed by atoms with van der Waals surface area (Å²) in [6.45, 7) is 5.86. The Kier molecular flexibility index (Phi) is 6.07. The SMILES string of the molecule is CCCNCc1cnc(N2CCCC(OC)C2)c(Cl)c1. The summed E-state index contributed by atoms with van der Waals surface area (Å²) >= 11 is 6.39. The van der Waals surface area contributed by atoms with Gasteiger partial charge in [-0.25, -0.2) is 4.98 Å². The van der Waals surface area contributed by atoms with E-state index in [1.165, 1.54) is 0 Å². The second kappa shape index (κ2) is 7.81. The highest BCUT2D eigenvalue weighted by molar-refractivity contribution is 6.33. The van der Waals surface area contributed by atoms with Crippen LogP contribution in [0.25, 0.3) is 0 Å². The lowest BCUT2D eigenvalue weighted by Crippen LogP contribution is -2.39. The fourth-order valence-corrected chi connectivity index (χ4v) is 2.84. The van der Waals surface area contributed by atoms with Crippen molar-refractivity contribution in [1.29, 1.82) is 0 Å². The lowest BCUT2D eigenvalue weighted by Gasteiger charge is -2.33. The molecule has 1 fully saturated rings. The van der Waals surface area contributed by atoms with Crippen LogP contribution in [0.2, 0.25) is 5.02 Å². The van der Waals surface area contributed by atoms with Crippen LogP contribution in [-0.2, 0) is 11.3 Å². The lowest BCUT2D eigenvalue weighted by molar-refractivity contribution is 0.0891. The molecule has 0 bridgehead atoms. The highest BCUT2D eigenvalue weighted by atomic mass is 35.5. The maximum atomic E-state index is 6.39. The molecule has 0 radical (unpaired) electrons. The molecule has 2 rings (SSSR count). The summed E-state index contributed by atoms with van der Waals surface area (Å²) in [6, 6.07) is 2.02. The van der Waals surface area contributed by atoms with Crippen molar-refractivity contribution in [2.24, 2.45) is 0 Å². The Labute approximate surface area is 126 Å².